The average Bonchev–Trinajstić information content (AvgIpc) is 2.78. The Morgan fingerprint density at radius 1 is 1.42 bits per heavy atom. The molecular formula is C15H16FN3. The monoisotopic (exact) mass is 257 g/mol. The standard InChI is InChI=1S/C15H16FN3/c1-11(18)6-13-4-5-19(9-13)10-14-7-12(8-17)2-3-15(14)16/h2-5,7,9,11H,6,10,18H2,1H3. The summed E-state index contributed by atoms with van der Waals surface area (Å²) in [6, 6.07) is 8.51. The minimum absolute atomic E-state index is 0.106. The second-order valence-electron chi connectivity index (χ2n) is 4.79. The van der Waals surface area contributed by atoms with Gasteiger partial charge in [0, 0.05) is 30.5 Å². The number of nitriles is 1. The lowest BCUT2D eigenvalue weighted by atomic mass is 10.1. The zero-order chi connectivity index (χ0) is 13.8. The fourth-order valence-corrected chi connectivity index (χ4v) is 2.04. The molecule has 19 heavy (non-hydrogen) atoms. The highest BCUT2D eigenvalue weighted by Crippen LogP contribution is 2.13. The minimum atomic E-state index is -0.290. The molecule has 98 valence electrons. The van der Waals surface area contributed by atoms with Crippen LogP contribution in [0.1, 0.15) is 23.6 Å². The third kappa shape index (κ3) is 3.43. The molecule has 1 aromatic carbocycles. The number of hydrogen-bond acceptors (Lipinski definition) is 2. The molecule has 1 heterocycles. The van der Waals surface area contributed by atoms with E-state index in [1.165, 1.54) is 12.1 Å². The van der Waals surface area contributed by atoms with Crippen molar-refractivity contribution in [2.24, 2.45) is 5.73 Å². The Morgan fingerprint density at radius 2 is 2.21 bits per heavy atom. The van der Waals surface area contributed by atoms with Crippen LogP contribution in [-0.2, 0) is 13.0 Å². The number of aromatic nitrogens is 1. The second kappa shape index (κ2) is 5.68. The maximum absolute atomic E-state index is 13.7. The first-order valence-electron chi connectivity index (χ1n) is 6.17. The largest absolute Gasteiger partial charge is 0.350 e. The molecule has 0 saturated heterocycles. The van der Waals surface area contributed by atoms with Crippen LogP contribution in [0.2, 0.25) is 0 Å². The predicted molar refractivity (Wildman–Crippen MR) is 72.0 cm³/mol. The third-order valence-corrected chi connectivity index (χ3v) is 2.90. The van der Waals surface area contributed by atoms with Gasteiger partial charge in [0.2, 0.25) is 0 Å². The molecule has 0 aliphatic carbocycles. The minimum Gasteiger partial charge on any atom is -0.350 e. The van der Waals surface area contributed by atoms with Crippen LogP contribution in [0, 0.1) is 17.1 Å². The molecule has 0 radical (unpaired) electrons. The van der Waals surface area contributed by atoms with E-state index in [4.69, 9.17) is 11.0 Å². The van der Waals surface area contributed by atoms with Crippen molar-refractivity contribution in [3.63, 3.8) is 0 Å². The predicted octanol–water partition coefficient (Wildman–Crippen LogP) is 2.44. The quantitative estimate of drug-likeness (QED) is 0.914. The Kier molecular flexibility index (Phi) is 3.98. The van der Waals surface area contributed by atoms with E-state index in [1.54, 1.807) is 6.07 Å². The van der Waals surface area contributed by atoms with E-state index in [2.05, 4.69) is 0 Å². The molecule has 2 aromatic rings. The second-order valence-corrected chi connectivity index (χ2v) is 4.79. The van der Waals surface area contributed by atoms with Crippen molar-refractivity contribution in [3.8, 4) is 6.07 Å². The summed E-state index contributed by atoms with van der Waals surface area (Å²) in [5, 5.41) is 8.83. The van der Waals surface area contributed by atoms with Gasteiger partial charge in [-0.1, -0.05) is 0 Å². The number of halogens is 1. The van der Waals surface area contributed by atoms with Crippen LogP contribution in [0.3, 0.4) is 0 Å². The topological polar surface area (TPSA) is 54.7 Å². The number of hydrogen-bond donors (Lipinski definition) is 1. The van der Waals surface area contributed by atoms with Gasteiger partial charge in [-0.2, -0.15) is 5.26 Å². The molecule has 0 saturated carbocycles. The third-order valence-electron chi connectivity index (χ3n) is 2.90. The van der Waals surface area contributed by atoms with E-state index in [0.717, 1.165) is 12.0 Å². The molecule has 2 N–H and O–H groups in total. The van der Waals surface area contributed by atoms with Crippen molar-refractivity contribution in [2.75, 3.05) is 0 Å². The van der Waals surface area contributed by atoms with E-state index in [9.17, 15) is 4.39 Å². The molecule has 0 aliphatic rings. The molecule has 1 aromatic heterocycles. The van der Waals surface area contributed by atoms with Crippen LogP contribution in [0.5, 0.6) is 0 Å². The maximum Gasteiger partial charge on any atom is 0.128 e. The Bertz CT molecular complexity index is 608. The van der Waals surface area contributed by atoms with Crippen molar-refractivity contribution in [2.45, 2.75) is 25.9 Å². The lowest BCUT2D eigenvalue weighted by Gasteiger charge is -2.06. The fourth-order valence-electron chi connectivity index (χ4n) is 2.04. The molecule has 0 amide bonds. The van der Waals surface area contributed by atoms with Crippen molar-refractivity contribution < 1.29 is 4.39 Å². The lowest BCUT2D eigenvalue weighted by Crippen LogP contribution is -2.17. The molecule has 2 rings (SSSR count). The first kappa shape index (κ1) is 13.3. The summed E-state index contributed by atoms with van der Waals surface area (Å²) in [4.78, 5) is 0. The Labute approximate surface area is 112 Å². The molecule has 0 bridgehead atoms. The SMILES string of the molecule is CC(N)Cc1ccn(Cc2cc(C#N)ccc2F)c1. The Morgan fingerprint density at radius 3 is 2.89 bits per heavy atom. The zero-order valence-corrected chi connectivity index (χ0v) is 10.8. The lowest BCUT2D eigenvalue weighted by molar-refractivity contribution is 0.599. The summed E-state index contributed by atoms with van der Waals surface area (Å²) in [7, 11) is 0. The highest BCUT2D eigenvalue weighted by molar-refractivity contribution is 5.34. The Balaban J connectivity index is 2.17. The summed E-state index contributed by atoms with van der Waals surface area (Å²) in [6.45, 7) is 2.37. The van der Waals surface area contributed by atoms with Gasteiger partial charge in [-0.15, -0.1) is 0 Å². The Hall–Kier alpha value is -2.12. The van der Waals surface area contributed by atoms with Gasteiger partial charge in [0.1, 0.15) is 5.82 Å². The highest BCUT2D eigenvalue weighted by atomic mass is 19.1. The summed E-state index contributed by atoms with van der Waals surface area (Å²) < 4.78 is 15.6. The zero-order valence-electron chi connectivity index (χ0n) is 10.8. The highest BCUT2D eigenvalue weighted by Gasteiger charge is 2.06. The smallest absolute Gasteiger partial charge is 0.128 e. The first-order valence-corrected chi connectivity index (χ1v) is 6.17. The van der Waals surface area contributed by atoms with Gasteiger partial charge in [0.25, 0.3) is 0 Å². The van der Waals surface area contributed by atoms with Gasteiger partial charge in [0.15, 0.2) is 0 Å². The summed E-state index contributed by atoms with van der Waals surface area (Å²) in [6.07, 6.45) is 4.66. The van der Waals surface area contributed by atoms with E-state index in [1.807, 2.05) is 36.0 Å². The average molecular weight is 257 g/mol. The molecule has 0 fully saturated rings. The number of nitrogens with zero attached hydrogens (tertiary/aromatic N) is 2. The van der Waals surface area contributed by atoms with Crippen molar-refractivity contribution in [1.29, 1.82) is 5.26 Å². The first-order chi connectivity index (χ1) is 9.08. The van der Waals surface area contributed by atoms with Crippen LogP contribution in [0.15, 0.2) is 36.7 Å². The molecular weight excluding hydrogens is 241 g/mol. The summed E-state index contributed by atoms with van der Waals surface area (Å²) >= 11 is 0. The summed E-state index contributed by atoms with van der Waals surface area (Å²) in [5.74, 6) is -0.290. The van der Waals surface area contributed by atoms with E-state index >= 15 is 0 Å². The van der Waals surface area contributed by atoms with E-state index in [-0.39, 0.29) is 11.9 Å². The molecule has 1 atom stereocenters. The van der Waals surface area contributed by atoms with Crippen LogP contribution in [0.25, 0.3) is 0 Å². The number of nitrogens with two attached hydrogens (primary N) is 1. The van der Waals surface area contributed by atoms with E-state index < -0.39 is 0 Å². The van der Waals surface area contributed by atoms with E-state index in [0.29, 0.717) is 17.7 Å². The summed E-state index contributed by atoms with van der Waals surface area (Å²) in [5.41, 5.74) is 7.86. The van der Waals surface area contributed by atoms with Crippen molar-refractivity contribution >= 4 is 0 Å². The fraction of sp³-hybridized carbons (Fsp3) is 0.267. The van der Waals surface area contributed by atoms with Gasteiger partial charge in [-0.25, -0.2) is 4.39 Å². The molecule has 0 spiro atoms. The number of benzene rings is 1. The van der Waals surface area contributed by atoms with Crippen LogP contribution in [-0.4, -0.2) is 10.6 Å². The molecule has 0 aliphatic heterocycles. The van der Waals surface area contributed by atoms with Crippen LogP contribution < -0.4 is 5.73 Å². The van der Waals surface area contributed by atoms with Gasteiger partial charge in [-0.05, 0) is 43.2 Å². The normalized spacial score (nSPS) is 12.1. The van der Waals surface area contributed by atoms with Crippen molar-refractivity contribution in [1.82, 2.24) is 4.57 Å². The van der Waals surface area contributed by atoms with Crippen LogP contribution in [0.4, 0.5) is 4.39 Å². The van der Waals surface area contributed by atoms with Gasteiger partial charge in [0.05, 0.1) is 11.6 Å². The maximum atomic E-state index is 13.7. The van der Waals surface area contributed by atoms with Gasteiger partial charge in [-0.3, -0.25) is 0 Å². The molecule has 1 unspecified atom stereocenters. The molecule has 4 heteroatoms. The van der Waals surface area contributed by atoms with Crippen LogP contribution >= 0.6 is 0 Å². The molecule has 3 nitrogen and oxygen atoms in total. The van der Waals surface area contributed by atoms with Crippen molar-refractivity contribution in [3.05, 3.63) is 59.2 Å². The number of rotatable bonds is 4. The van der Waals surface area contributed by atoms with Gasteiger partial charge >= 0.3 is 0 Å². The van der Waals surface area contributed by atoms with Gasteiger partial charge < -0.3 is 10.3 Å².